The minimum absolute atomic E-state index is 0.0250. The first-order valence-corrected chi connectivity index (χ1v) is 9.95. The van der Waals surface area contributed by atoms with Crippen LogP contribution in [0.25, 0.3) is 10.9 Å². The molecule has 0 saturated carbocycles. The van der Waals surface area contributed by atoms with Gasteiger partial charge in [-0.25, -0.2) is 4.79 Å². The predicted octanol–water partition coefficient (Wildman–Crippen LogP) is 2.60. The summed E-state index contributed by atoms with van der Waals surface area (Å²) >= 11 is 5.24. The lowest BCUT2D eigenvalue weighted by Gasteiger charge is -2.31. The van der Waals surface area contributed by atoms with Gasteiger partial charge in [0.2, 0.25) is 0 Å². The molecule has 0 unspecified atom stereocenters. The number of nitrogens with one attached hydrogen (secondary N) is 2. The second-order valence-electron chi connectivity index (χ2n) is 6.83. The summed E-state index contributed by atoms with van der Waals surface area (Å²) in [6.45, 7) is 7.15. The van der Waals surface area contributed by atoms with Gasteiger partial charge in [0.15, 0.2) is 4.77 Å². The summed E-state index contributed by atoms with van der Waals surface area (Å²) in [5.41, 5.74) is 0.740. The summed E-state index contributed by atoms with van der Waals surface area (Å²) in [6, 6.07) is 4.86. The molecule has 9 heteroatoms. The maximum atomic E-state index is 12.7. The molecule has 2 aromatic rings. The van der Waals surface area contributed by atoms with Crippen molar-refractivity contribution in [1.82, 2.24) is 19.8 Å². The normalized spacial score (nSPS) is 14.6. The number of likely N-dealkylation sites (tertiary alicyclic amines) is 1. The van der Waals surface area contributed by atoms with Gasteiger partial charge in [0, 0.05) is 31.2 Å². The van der Waals surface area contributed by atoms with E-state index in [1.165, 1.54) is 4.57 Å². The van der Waals surface area contributed by atoms with Gasteiger partial charge in [-0.3, -0.25) is 14.2 Å². The monoisotopic (exact) mass is 416 g/mol. The van der Waals surface area contributed by atoms with Crippen LogP contribution < -0.4 is 10.9 Å². The van der Waals surface area contributed by atoms with E-state index in [0.29, 0.717) is 55.5 Å². The number of aromatic nitrogens is 2. The molecule has 1 aromatic carbocycles. The Hall–Kier alpha value is -2.94. The molecule has 0 radical (unpaired) electrons. The van der Waals surface area contributed by atoms with Crippen molar-refractivity contribution in [3.63, 3.8) is 0 Å². The molecule has 2 N–H and O–H groups in total. The minimum Gasteiger partial charge on any atom is -0.450 e. The Kier molecular flexibility index (Phi) is 6.48. The molecule has 0 aliphatic carbocycles. The number of aromatic amines is 1. The number of rotatable bonds is 5. The van der Waals surface area contributed by atoms with Gasteiger partial charge in [-0.1, -0.05) is 6.08 Å². The van der Waals surface area contributed by atoms with Gasteiger partial charge in [0.25, 0.3) is 11.5 Å². The molecule has 1 aromatic heterocycles. The summed E-state index contributed by atoms with van der Waals surface area (Å²) in [4.78, 5) is 41.6. The quantitative estimate of drug-likeness (QED) is 0.577. The first-order valence-electron chi connectivity index (χ1n) is 9.55. The third-order valence-electron chi connectivity index (χ3n) is 4.91. The van der Waals surface area contributed by atoms with E-state index in [0.717, 1.165) is 0 Å². The number of fused-ring (bicyclic) bond motifs is 1. The van der Waals surface area contributed by atoms with Crippen molar-refractivity contribution in [2.75, 3.05) is 19.7 Å². The molecule has 1 aliphatic rings. The highest BCUT2D eigenvalue weighted by Crippen LogP contribution is 2.14. The molecule has 0 bridgehead atoms. The number of H-pyrrole nitrogens is 1. The first-order chi connectivity index (χ1) is 13.9. The summed E-state index contributed by atoms with van der Waals surface area (Å²) in [5.74, 6) is -0.226. The van der Waals surface area contributed by atoms with E-state index in [4.69, 9.17) is 17.0 Å². The van der Waals surface area contributed by atoms with Gasteiger partial charge in [0.1, 0.15) is 0 Å². The lowest BCUT2D eigenvalue weighted by molar-refractivity contribution is 0.0860. The number of benzene rings is 1. The Morgan fingerprint density at radius 2 is 2.10 bits per heavy atom. The van der Waals surface area contributed by atoms with Crippen LogP contribution in [0.1, 0.15) is 30.1 Å². The van der Waals surface area contributed by atoms with Crippen molar-refractivity contribution >= 4 is 35.1 Å². The van der Waals surface area contributed by atoms with E-state index in [1.807, 2.05) is 0 Å². The fourth-order valence-electron chi connectivity index (χ4n) is 3.38. The number of ether oxygens (including phenoxy) is 1. The largest absolute Gasteiger partial charge is 0.450 e. The maximum Gasteiger partial charge on any atom is 0.409 e. The average Bonchev–Trinajstić information content (AvgIpc) is 2.71. The standard InChI is InChI=1S/C20H24N4O4S/c1-3-9-24-18(26)15-6-5-13(12-16(15)22-19(24)29)17(25)21-14-7-10-23(11-8-14)20(27)28-4-2/h3,5-6,12,14H,1,4,7-11H2,2H3,(H,21,25)(H,22,29). The molecule has 1 aliphatic heterocycles. The summed E-state index contributed by atoms with van der Waals surface area (Å²) in [7, 11) is 0. The Bertz CT molecular complexity index is 1050. The number of carbonyl (C=O) groups is 2. The van der Waals surface area contributed by atoms with Crippen LogP contribution in [0.4, 0.5) is 4.79 Å². The fourth-order valence-corrected chi connectivity index (χ4v) is 3.65. The van der Waals surface area contributed by atoms with Crippen molar-refractivity contribution in [2.24, 2.45) is 0 Å². The maximum absolute atomic E-state index is 12.7. The van der Waals surface area contributed by atoms with Crippen molar-refractivity contribution in [3.05, 3.63) is 51.5 Å². The lowest BCUT2D eigenvalue weighted by atomic mass is 10.0. The second-order valence-corrected chi connectivity index (χ2v) is 7.22. The topological polar surface area (TPSA) is 96.4 Å². The van der Waals surface area contributed by atoms with E-state index in [-0.39, 0.29) is 28.4 Å². The number of carbonyl (C=O) groups excluding carboxylic acids is 2. The molecule has 8 nitrogen and oxygen atoms in total. The molecule has 154 valence electrons. The van der Waals surface area contributed by atoms with Gasteiger partial charge >= 0.3 is 6.09 Å². The Labute approximate surface area is 173 Å². The van der Waals surface area contributed by atoms with Crippen molar-refractivity contribution in [2.45, 2.75) is 32.4 Å². The van der Waals surface area contributed by atoms with Crippen molar-refractivity contribution < 1.29 is 14.3 Å². The van der Waals surface area contributed by atoms with Crippen LogP contribution in [0.2, 0.25) is 0 Å². The first kappa shape index (κ1) is 20.8. The molecule has 29 heavy (non-hydrogen) atoms. The Morgan fingerprint density at radius 1 is 1.38 bits per heavy atom. The van der Waals surface area contributed by atoms with Gasteiger partial charge in [-0.05, 0) is 50.2 Å². The van der Waals surface area contributed by atoms with Crippen molar-refractivity contribution in [1.29, 1.82) is 0 Å². The summed E-state index contributed by atoms with van der Waals surface area (Å²) in [5, 5.41) is 3.46. The molecule has 0 spiro atoms. The number of allylic oxidation sites excluding steroid dienone is 1. The molecule has 2 amide bonds. The smallest absolute Gasteiger partial charge is 0.409 e. The van der Waals surface area contributed by atoms with E-state index in [1.54, 1.807) is 36.1 Å². The van der Waals surface area contributed by atoms with E-state index >= 15 is 0 Å². The number of amides is 2. The molecular weight excluding hydrogens is 392 g/mol. The van der Waals surface area contributed by atoms with Crippen LogP contribution in [-0.4, -0.2) is 52.2 Å². The number of hydrogen-bond donors (Lipinski definition) is 2. The van der Waals surface area contributed by atoms with Crippen LogP contribution in [0, 0.1) is 4.77 Å². The molecular formula is C20H24N4O4S. The van der Waals surface area contributed by atoms with Gasteiger partial charge in [0.05, 0.1) is 17.5 Å². The summed E-state index contributed by atoms with van der Waals surface area (Å²) in [6.07, 6.45) is 2.61. The third kappa shape index (κ3) is 4.56. The third-order valence-corrected chi connectivity index (χ3v) is 5.23. The van der Waals surface area contributed by atoms with E-state index in [2.05, 4.69) is 16.9 Å². The Balaban J connectivity index is 1.71. The van der Waals surface area contributed by atoms with Gasteiger partial charge < -0.3 is 19.9 Å². The molecule has 2 heterocycles. The minimum atomic E-state index is -0.316. The van der Waals surface area contributed by atoms with E-state index < -0.39 is 0 Å². The molecule has 3 rings (SSSR count). The number of hydrogen-bond acceptors (Lipinski definition) is 5. The highest BCUT2D eigenvalue weighted by molar-refractivity contribution is 7.71. The number of piperidine rings is 1. The zero-order chi connectivity index (χ0) is 21.0. The zero-order valence-electron chi connectivity index (χ0n) is 16.3. The highest BCUT2D eigenvalue weighted by Gasteiger charge is 2.25. The molecule has 0 atom stereocenters. The fraction of sp³-hybridized carbons (Fsp3) is 0.400. The van der Waals surface area contributed by atoms with Crippen LogP contribution in [0.3, 0.4) is 0 Å². The van der Waals surface area contributed by atoms with Gasteiger partial charge in [-0.15, -0.1) is 6.58 Å². The molecule has 1 saturated heterocycles. The van der Waals surface area contributed by atoms with Crippen LogP contribution in [0.5, 0.6) is 0 Å². The Morgan fingerprint density at radius 3 is 2.76 bits per heavy atom. The SMILES string of the molecule is C=CCn1c(=S)[nH]c2cc(C(=O)NC3CCN(C(=O)OCC)CC3)ccc2c1=O. The predicted molar refractivity (Wildman–Crippen MR) is 113 cm³/mol. The van der Waals surface area contributed by atoms with Crippen LogP contribution >= 0.6 is 12.2 Å². The lowest BCUT2D eigenvalue weighted by Crippen LogP contribution is -2.46. The second kappa shape index (κ2) is 9.04. The zero-order valence-corrected chi connectivity index (χ0v) is 17.1. The molecule has 1 fully saturated rings. The van der Waals surface area contributed by atoms with Gasteiger partial charge in [-0.2, -0.15) is 0 Å². The van der Waals surface area contributed by atoms with Crippen LogP contribution in [0.15, 0.2) is 35.6 Å². The number of nitrogens with zero attached hydrogens (tertiary/aromatic N) is 2. The van der Waals surface area contributed by atoms with Crippen molar-refractivity contribution in [3.8, 4) is 0 Å². The van der Waals surface area contributed by atoms with E-state index in [9.17, 15) is 14.4 Å². The van der Waals surface area contributed by atoms with Crippen LogP contribution in [-0.2, 0) is 11.3 Å². The highest BCUT2D eigenvalue weighted by atomic mass is 32.1. The average molecular weight is 417 g/mol. The summed E-state index contributed by atoms with van der Waals surface area (Å²) < 4.78 is 6.71.